The van der Waals surface area contributed by atoms with Crippen LogP contribution in [-0.2, 0) is 0 Å². The minimum Gasteiger partial charge on any atom is -0.363 e. The van der Waals surface area contributed by atoms with Gasteiger partial charge >= 0.3 is 0 Å². The van der Waals surface area contributed by atoms with Crippen LogP contribution in [0.4, 0.5) is 11.8 Å². The number of amides is 1. The van der Waals surface area contributed by atoms with Crippen LogP contribution in [0.5, 0.6) is 0 Å². The minimum atomic E-state index is -0.0495. The third-order valence-electron chi connectivity index (χ3n) is 4.42. The van der Waals surface area contributed by atoms with Gasteiger partial charge in [0.05, 0.1) is 5.56 Å². The van der Waals surface area contributed by atoms with Gasteiger partial charge in [0.15, 0.2) is 0 Å². The number of rotatable bonds is 5. The van der Waals surface area contributed by atoms with Gasteiger partial charge in [0.1, 0.15) is 5.82 Å². The number of carbonyl (C=O) groups excluding carboxylic acids is 1. The number of halogens is 2. The SMILES string of the molecule is CN(C)c1ccnc(NC2CCC(NC(=O)c3cccnc3)CC2)n1.Cl.Cl. The second-order valence-corrected chi connectivity index (χ2v) is 6.54. The minimum absolute atomic E-state index is 0. The first-order valence-corrected chi connectivity index (χ1v) is 8.59. The lowest BCUT2D eigenvalue weighted by atomic mass is 9.91. The number of nitrogens with zero attached hydrogens (tertiary/aromatic N) is 4. The second-order valence-electron chi connectivity index (χ2n) is 6.54. The summed E-state index contributed by atoms with van der Waals surface area (Å²) >= 11 is 0. The number of nitrogens with one attached hydrogen (secondary N) is 2. The maximum Gasteiger partial charge on any atom is 0.253 e. The number of pyridine rings is 1. The molecule has 3 rings (SSSR count). The van der Waals surface area contributed by atoms with E-state index in [1.54, 1.807) is 30.7 Å². The molecule has 2 heterocycles. The molecule has 7 nitrogen and oxygen atoms in total. The first kappa shape index (κ1) is 22.9. The number of aromatic nitrogens is 3. The van der Waals surface area contributed by atoms with Crippen LogP contribution in [-0.4, -0.2) is 47.0 Å². The monoisotopic (exact) mass is 412 g/mol. The summed E-state index contributed by atoms with van der Waals surface area (Å²) in [6, 6.07) is 5.99. The zero-order valence-electron chi connectivity index (χ0n) is 15.5. The van der Waals surface area contributed by atoms with Crippen molar-refractivity contribution < 1.29 is 4.79 Å². The summed E-state index contributed by atoms with van der Waals surface area (Å²) in [5.41, 5.74) is 0.608. The summed E-state index contributed by atoms with van der Waals surface area (Å²) in [6.45, 7) is 0. The highest BCUT2D eigenvalue weighted by Gasteiger charge is 2.23. The van der Waals surface area contributed by atoms with Crippen molar-refractivity contribution in [3.63, 3.8) is 0 Å². The fourth-order valence-corrected chi connectivity index (χ4v) is 3.00. The molecule has 0 unspecified atom stereocenters. The van der Waals surface area contributed by atoms with Crippen LogP contribution in [0.3, 0.4) is 0 Å². The Hall–Kier alpha value is -2.12. The molecule has 0 aliphatic heterocycles. The highest BCUT2D eigenvalue weighted by Crippen LogP contribution is 2.22. The van der Waals surface area contributed by atoms with Crippen LogP contribution in [0.25, 0.3) is 0 Å². The maximum absolute atomic E-state index is 12.2. The summed E-state index contributed by atoms with van der Waals surface area (Å²) in [5.74, 6) is 1.50. The van der Waals surface area contributed by atoms with Crippen molar-refractivity contribution >= 4 is 42.5 Å². The molecule has 0 bridgehead atoms. The molecular formula is C18H26Cl2N6O. The van der Waals surface area contributed by atoms with E-state index in [-0.39, 0.29) is 36.8 Å². The Labute approximate surface area is 172 Å². The molecule has 148 valence electrons. The Bertz CT molecular complexity index is 708. The van der Waals surface area contributed by atoms with Crippen LogP contribution in [0.15, 0.2) is 36.8 Å². The zero-order valence-corrected chi connectivity index (χ0v) is 17.1. The van der Waals surface area contributed by atoms with E-state index in [0.717, 1.165) is 31.5 Å². The number of anilines is 2. The fourth-order valence-electron chi connectivity index (χ4n) is 3.00. The molecule has 0 saturated heterocycles. The van der Waals surface area contributed by atoms with E-state index in [2.05, 4.69) is 25.6 Å². The van der Waals surface area contributed by atoms with Gasteiger partial charge in [-0.3, -0.25) is 9.78 Å². The predicted octanol–water partition coefficient (Wildman–Crippen LogP) is 2.93. The first-order valence-electron chi connectivity index (χ1n) is 8.59. The van der Waals surface area contributed by atoms with Gasteiger partial charge in [-0.25, -0.2) is 4.98 Å². The van der Waals surface area contributed by atoms with Gasteiger partial charge in [-0.05, 0) is 43.9 Å². The van der Waals surface area contributed by atoms with Crippen molar-refractivity contribution in [3.05, 3.63) is 42.4 Å². The molecule has 27 heavy (non-hydrogen) atoms. The molecule has 9 heteroatoms. The Morgan fingerprint density at radius 1 is 1.07 bits per heavy atom. The summed E-state index contributed by atoms with van der Waals surface area (Å²) in [7, 11) is 3.92. The molecule has 0 atom stereocenters. The molecule has 1 saturated carbocycles. The molecule has 1 fully saturated rings. The smallest absolute Gasteiger partial charge is 0.253 e. The molecule has 0 radical (unpaired) electrons. The summed E-state index contributed by atoms with van der Waals surface area (Å²) in [6.07, 6.45) is 8.87. The van der Waals surface area contributed by atoms with Crippen molar-refractivity contribution in [2.75, 3.05) is 24.3 Å². The summed E-state index contributed by atoms with van der Waals surface area (Å²) in [5, 5.41) is 6.51. The van der Waals surface area contributed by atoms with Gasteiger partial charge in [-0.1, -0.05) is 0 Å². The van der Waals surface area contributed by atoms with E-state index >= 15 is 0 Å². The van der Waals surface area contributed by atoms with E-state index in [4.69, 9.17) is 0 Å². The summed E-state index contributed by atoms with van der Waals surface area (Å²) in [4.78, 5) is 26.9. The van der Waals surface area contributed by atoms with Gasteiger partial charge in [0.2, 0.25) is 5.95 Å². The lowest BCUT2D eigenvalue weighted by Crippen LogP contribution is -2.40. The second kappa shape index (κ2) is 10.9. The van der Waals surface area contributed by atoms with Crippen molar-refractivity contribution in [3.8, 4) is 0 Å². The molecule has 2 aromatic rings. The third kappa shape index (κ3) is 6.52. The quantitative estimate of drug-likeness (QED) is 0.785. The average Bonchev–Trinajstić information content (AvgIpc) is 2.64. The van der Waals surface area contributed by atoms with Crippen LogP contribution in [0.1, 0.15) is 36.0 Å². The van der Waals surface area contributed by atoms with Crippen molar-refractivity contribution in [1.82, 2.24) is 20.3 Å². The van der Waals surface area contributed by atoms with Crippen LogP contribution < -0.4 is 15.5 Å². The van der Waals surface area contributed by atoms with E-state index in [0.29, 0.717) is 17.6 Å². The topological polar surface area (TPSA) is 83.0 Å². The standard InChI is InChI=1S/C18H24N6O.2ClH/c1-24(2)16-9-11-20-18(23-16)22-15-7-5-14(6-8-15)21-17(25)13-4-3-10-19-12-13;;/h3-4,9-12,14-15H,5-8H2,1-2H3,(H,21,25)(H,20,22,23);2*1H. The Kier molecular flexibility index (Phi) is 9.25. The van der Waals surface area contributed by atoms with Crippen molar-refractivity contribution in [1.29, 1.82) is 0 Å². The van der Waals surface area contributed by atoms with Gasteiger partial charge in [-0.15, -0.1) is 24.8 Å². The van der Waals surface area contributed by atoms with Crippen LogP contribution in [0, 0.1) is 0 Å². The number of carbonyl (C=O) groups is 1. The van der Waals surface area contributed by atoms with Crippen LogP contribution in [0.2, 0.25) is 0 Å². The van der Waals surface area contributed by atoms with E-state index < -0.39 is 0 Å². The molecule has 2 N–H and O–H groups in total. The molecular weight excluding hydrogens is 387 g/mol. The van der Waals surface area contributed by atoms with Crippen molar-refractivity contribution in [2.45, 2.75) is 37.8 Å². The third-order valence-corrected chi connectivity index (χ3v) is 4.42. The largest absolute Gasteiger partial charge is 0.363 e. The van der Waals surface area contributed by atoms with Gasteiger partial charge < -0.3 is 15.5 Å². The van der Waals surface area contributed by atoms with Gasteiger partial charge in [-0.2, -0.15) is 4.98 Å². The average molecular weight is 413 g/mol. The zero-order chi connectivity index (χ0) is 17.6. The van der Waals surface area contributed by atoms with Gasteiger partial charge in [0.25, 0.3) is 5.91 Å². The number of hydrogen-bond donors (Lipinski definition) is 2. The molecule has 0 spiro atoms. The highest BCUT2D eigenvalue weighted by molar-refractivity contribution is 5.94. The highest BCUT2D eigenvalue weighted by atomic mass is 35.5. The van der Waals surface area contributed by atoms with Crippen molar-refractivity contribution in [2.24, 2.45) is 0 Å². The number of hydrogen-bond acceptors (Lipinski definition) is 6. The maximum atomic E-state index is 12.2. The molecule has 1 amide bonds. The molecule has 0 aromatic carbocycles. The van der Waals surface area contributed by atoms with E-state index in [1.807, 2.05) is 25.1 Å². The molecule has 1 aliphatic rings. The van der Waals surface area contributed by atoms with Gasteiger partial charge in [0, 0.05) is 44.8 Å². The van der Waals surface area contributed by atoms with E-state index in [9.17, 15) is 4.79 Å². The fraction of sp³-hybridized carbons (Fsp3) is 0.444. The first-order chi connectivity index (χ1) is 12.1. The Balaban J connectivity index is 0.00000182. The predicted molar refractivity (Wildman–Crippen MR) is 112 cm³/mol. The van der Waals surface area contributed by atoms with E-state index in [1.165, 1.54) is 0 Å². The Morgan fingerprint density at radius 2 is 1.78 bits per heavy atom. The lowest BCUT2D eigenvalue weighted by Gasteiger charge is -2.29. The lowest BCUT2D eigenvalue weighted by molar-refractivity contribution is 0.0926. The molecule has 2 aromatic heterocycles. The normalized spacial score (nSPS) is 18.4. The summed E-state index contributed by atoms with van der Waals surface area (Å²) < 4.78 is 0. The van der Waals surface area contributed by atoms with Crippen LogP contribution >= 0.6 is 24.8 Å². The molecule has 1 aliphatic carbocycles. The Morgan fingerprint density at radius 3 is 2.41 bits per heavy atom.